The predicted molar refractivity (Wildman–Crippen MR) is 186 cm³/mol. The molecule has 0 atom stereocenters. The van der Waals surface area contributed by atoms with Crippen molar-refractivity contribution in [2.45, 2.75) is 57.0 Å². The summed E-state index contributed by atoms with van der Waals surface area (Å²) in [5.41, 5.74) is 1.44. The maximum atomic E-state index is 13.4. The molecule has 0 aliphatic rings. The Balaban J connectivity index is 0.000000872. The van der Waals surface area contributed by atoms with E-state index in [-0.39, 0.29) is 21.5 Å². The molecule has 0 radical (unpaired) electrons. The molecule has 1 heterocycles. The molecule has 0 aliphatic carbocycles. The number of ether oxygens (including phenoxy) is 1. The summed E-state index contributed by atoms with van der Waals surface area (Å²) in [7, 11) is -4.22. The van der Waals surface area contributed by atoms with Gasteiger partial charge in [-0.05, 0) is 75.7 Å². The molecule has 0 saturated carbocycles. The van der Waals surface area contributed by atoms with Crippen LogP contribution in [0.3, 0.4) is 0 Å². The van der Waals surface area contributed by atoms with Gasteiger partial charge in [-0.25, -0.2) is 18.2 Å². The number of aromatic nitrogens is 1. The lowest BCUT2D eigenvalue weighted by Crippen LogP contribution is -2.54. The van der Waals surface area contributed by atoms with E-state index in [0.29, 0.717) is 47.9 Å². The Morgan fingerprint density at radius 3 is 2.24 bits per heavy atom. The minimum absolute atomic E-state index is 0.0904. The Labute approximate surface area is 302 Å². The summed E-state index contributed by atoms with van der Waals surface area (Å²) in [5.74, 6) is -2.72. The molecule has 0 spiro atoms. The molecule has 0 unspecified atom stereocenters. The Kier molecular flexibility index (Phi) is 14.3. The van der Waals surface area contributed by atoms with E-state index < -0.39 is 33.6 Å². The molecule has 3 aromatic carbocycles. The maximum Gasteiger partial charge on any atom is 0.490 e. The Bertz CT molecular complexity index is 1930. The Hall–Kier alpha value is -3.66. The average Bonchev–Trinajstić information content (AvgIpc) is 3.02. The van der Waals surface area contributed by atoms with E-state index in [0.717, 1.165) is 16.6 Å². The summed E-state index contributed by atoms with van der Waals surface area (Å²) in [4.78, 5) is 26.1. The fourth-order valence-corrected chi connectivity index (χ4v) is 6.70. The van der Waals surface area contributed by atoms with Crippen LogP contribution < -0.4 is 20.1 Å². The second kappa shape index (κ2) is 17.5. The van der Waals surface area contributed by atoms with Gasteiger partial charge in [-0.3, -0.25) is 4.79 Å². The van der Waals surface area contributed by atoms with E-state index in [1.54, 1.807) is 6.07 Å². The van der Waals surface area contributed by atoms with E-state index in [1.807, 2.05) is 55.5 Å². The van der Waals surface area contributed by atoms with Gasteiger partial charge in [0.15, 0.2) is 0 Å². The molecule has 0 aliphatic heterocycles. The molecule has 4 N–H and O–H groups in total. The monoisotopic (exact) mass is 776 g/mol. The quantitative estimate of drug-likeness (QED) is 0.106. The lowest BCUT2D eigenvalue weighted by atomic mass is 10.1. The number of nitrogens with one attached hydrogen (secondary N) is 3. The second-order valence-corrected chi connectivity index (χ2v) is 14.2. The van der Waals surface area contributed by atoms with Crippen LogP contribution in [0, 0.1) is 6.92 Å². The number of carboxylic acid groups (broad SMARTS) is 1. The van der Waals surface area contributed by atoms with Crippen molar-refractivity contribution in [3.8, 4) is 5.75 Å². The van der Waals surface area contributed by atoms with Crippen LogP contribution in [0.4, 0.5) is 13.2 Å². The minimum Gasteiger partial charge on any atom is -0.487 e. The van der Waals surface area contributed by atoms with Gasteiger partial charge in [0.05, 0.1) is 5.02 Å². The molecule has 50 heavy (non-hydrogen) atoms. The summed E-state index contributed by atoms with van der Waals surface area (Å²) >= 11 is 18.9. The topological polar surface area (TPSA) is 147 Å². The highest BCUT2D eigenvalue weighted by molar-refractivity contribution is 7.89. The van der Waals surface area contributed by atoms with Crippen molar-refractivity contribution in [2.24, 2.45) is 0 Å². The molecule has 0 fully saturated rings. The molecule has 0 bridgehead atoms. The number of halogens is 6. The number of rotatable bonds is 13. The van der Waals surface area contributed by atoms with Gasteiger partial charge in [0.2, 0.25) is 15.9 Å². The summed E-state index contributed by atoms with van der Waals surface area (Å²) < 4.78 is 67.0. The molecule has 4 aromatic rings. The van der Waals surface area contributed by atoms with Gasteiger partial charge in [0.1, 0.15) is 28.3 Å². The van der Waals surface area contributed by atoms with Crippen LogP contribution in [0.25, 0.3) is 10.9 Å². The number of alkyl halides is 3. The number of pyridine rings is 1. The molecular weight excluding hydrogens is 744 g/mol. The molecule has 1 aromatic heterocycles. The van der Waals surface area contributed by atoms with E-state index in [9.17, 15) is 26.4 Å². The highest BCUT2D eigenvalue weighted by Gasteiger charge is 2.38. The summed E-state index contributed by atoms with van der Waals surface area (Å²) in [6.07, 6.45) is -4.43. The first-order valence-electron chi connectivity index (χ1n) is 14.9. The first-order chi connectivity index (χ1) is 23.3. The summed E-state index contributed by atoms with van der Waals surface area (Å²) in [5, 5.41) is 14.9. The van der Waals surface area contributed by atoms with Crippen molar-refractivity contribution < 1.29 is 41.0 Å². The highest BCUT2D eigenvalue weighted by atomic mass is 35.5. The number of aryl methyl sites for hydroxylation is 1. The van der Waals surface area contributed by atoms with Crippen LogP contribution in [0.2, 0.25) is 15.1 Å². The number of carboxylic acids is 1. The fraction of sp³-hybridized carbons (Fsp3) is 0.303. The first-order valence-corrected chi connectivity index (χ1v) is 17.5. The zero-order chi connectivity index (χ0) is 37.3. The van der Waals surface area contributed by atoms with Crippen molar-refractivity contribution in [1.82, 2.24) is 20.3 Å². The number of hydrogen-bond acceptors (Lipinski definition) is 7. The molecule has 1 amide bonds. The maximum absolute atomic E-state index is 13.4. The highest BCUT2D eigenvalue weighted by Crippen LogP contribution is 2.33. The number of carbonyl (C=O) groups is 2. The van der Waals surface area contributed by atoms with Crippen molar-refractivity contribution in [2.75, 3.05) is 13.1 Å². The Morgan fingerprint density at radius 2 is 1.60 bits per heavy atom. The molecule has 17 heteroatoms. The molecule has 4 rings (SSSR count). The normalized spacial score (nSPS) is 11.9. The van der Waals surface area contributed by atoms with Crippen molar-refractivity contribution in [3.63, 3.8) is 0 Å². The number of amides is 1. The van der Waals surface area contributed by atoms with Crippen LogP contribution in [0.5, 0.6) is 5.75 Å². The number of nitrogens with zero attached hydrogens (tertiary/aromatic N) is 1. The van der Waals surface area contributed by atoms with Gasteiger partial charge in [-0.1, -0.05) is 65.1 Å². The third kappa shape index (κ3) is 11.7. The van der Waals surface area contributed by atoms with Crippen LogP contribution >= 0.6 is 34.8 Å². The van der Waals surface area contributed by atoms with E-state index in [2.05, 4.69) is 20.3 Å². The minimum atomic E-state index is -5.08. The van der Waals surface area contributed by atoms with Gasteiger partial charge in [0, 0.05) is 39.8 Å². The number of carbonyl (C=O) groups excluding carboxylic acids is 1. The molecule has 270 valence electrons. The zero-order valence-corrected chi connectivity index (χ0v) is 30.1. The fourth-order valence-electron chi connectivity index (χ4n) is 4.31. The first kappa shape index (κ1) is 40.8. The van der Waals surface area contributed by atoms with Crippen LogP contribution in [-0.4, -0.2) is 55.2 Å². The van der Waals surface area contributed by atoms with Gasteiger partial charge in [0.25, 0.3) is 0 Å². The van der Waals surface area contributed by atoms with E-state index >= 15 is 0 Å². The molecular formula is C33H34Cl3F3N4O6S. The molecule has 0 saturated heterocycles. The van der Waals surface area contributed by atoms with Gasteiger partial charge in [-0.2, -0.15) is 17.9 Å². The van der Waals surface area contributed by atoms with Gasteiger partial charge >= 0.3 is 12.1 Å². The number of hydrogen-bond donors (Lipinski definition) is 4. The van der Waals surface area contributed by atoms with Crippen LogP contribution in [0.15, 0.2) is 71.6 Å². The predicted octanol–water partition coefficient (Wildman–Crippen LogP) is 7.07. The second-order valence-electron chi connectivity index (χ2n) is 11.4. The van der Waals surface area contributed by atoms with Crippen molar-refractivity contribution in [3.05, 3.63) is 98.6 Å². The number of fused-ring (bicyclic) bond motifs is 1. The lowest BCUT2D eigenvalue weighted by Gasteiger charge is -2.25. The SMILES string of the molecule is Cc1ccc2cccc(OCc3c(Cl)ccc(S(=O)(=O)NC(C)(C)C(=O)NCCCNCc4ccc(Cl)cc4)c3Cl)c2n1.O=C(O)C(F)(F)F. The smallest absolute Gasteiger partial charge is 0.487 e. The van der Waals surface area contributed by atoms with E-state index in [1.165, 1.54) is 26.0 Å². The van der Waals surface area contributed by atoms with Gasteiger partial charge < -0.3 is 20.5 Å². The van der Waals surface area contributed by atoms with Gasteiger partial charge in [-0.15, -0.1) is 0 Å². The average molecular weight is 778 g/mol. The van der Waals surface area contributed by atoms with Crippen molar-refractivity contribution in [1.29, 1.82) is 0 Å². The Morgan fingerprint density at radius 1 is 0.940 bits per heavy atom. The number of aliphatic carboxylic acids is 1. The van der Waals surface area contributed by atoms with Crippen molar-refractivity contribution >= 4 is 67.6 Å². The largest absolute Gasteiger partial charge is 0.490 e. The standard InChI is InChI=1S/C31H33Cl3N4O4S.C2HF3O2/c1-20-8-11-22-6-4-7-26(29(22)37-20)42-19-24-25(33)14-15-27(28(24)34)43(40,41)38-31(2,3)30(39)36-17-5-16-35-18-21-9-12-23(32)13-10-21;3-2(4,5)1(6)7/h4,6-15,35,38H,5,16-19H2,1-3H3,(H,36,39);(H,6,7). The number of benzene rings is 3. The van der Waals surface area contributed by atoms with Crippen LogP contribution in [0.1, 0.15) is 37.1 Å². The third-order valence-corrected chi connectivity index (χ3v) is 9.74. The summed E-state index contributed by atoms with van der Waals surface area (Å²) in [6, 6.07) is 19.7. The lowest BCUT2D eigenvalue weighted by molar-refractivity contribution is -0.192. The number of para-hydroxylation sites is 1. The molecule has 10 nitrogen and oxygen atoms in total. The number of sulfonamides is 1. The zero-order valence-electron chi connectivity index (χ0n) is 27.0. The van der Waals surface area contributed by atoms with Crippen LogP contribution in [-0.2, 0) is 32.8 Å². The van der Waals surface area contributed by atoms with E-state index in [4.69, 9.17) is 49.4 Å². The summed E-state index contributed by atoms with van der Waals surface area (Å²) in [6.45, 7) is 6.46. The third-order valence-electron chi connectivity index (χ3n) is 6.89.